The average Bonchev–Trinajstić information content (AvgIpc) is 3.11. The molecule has 0 amide bonds. The maximum atomic E-state index is 9.59. The molecule has 1 aromatic carbocycles. The zero-order chi connectivity index (χ0) is 17.1. The van der Waals surface area contributed by atoms with Gasteiger partial charge in [-0.2, -0.15) is 0 Å². The minimum Gasteiger partial charge on any atom is -0.396 e. The van der Waals surface area contributed by atoms with E-state index < -0.39 is 0 Å². The Hall–Kier alpha value is -1.10. The number of benzene rings is 1. The van der Waals surface area contributed by atoms with Gasteiger partial charge >= 0.3 is 0 Å². The summed E-state index contributed by atoms with van der Waals surface area (Å²) in [5, 5.41) is 13.1. The van der Waals surface area contributed by atoms with Gasteiger partial charge in [-0.3, -0.25) is 0 Å². The number of nitrogens with one attached hydrogen (secondary N) is 1. The molecular formula is C21H33N3O. The van der Waals surface area contributed by atoms with Crippen molar-refractivity contribution >= 4 is 5.69 Å². The van der Waals surface area contributed by atoms with Crippen LogP contribution in [-0.2, 0) is 6.42 Å². The lowest BCUT2D eigenvalue weighted by Gasteiger charge is -2.39. The molecule has 0 radical (unpaired) electrons. The molecule has 2 N–H and O–H groups in total. The van der Waals surface area contributed by atoms with E-state index in [0.717, 1.165) is 25.6 Å². The van der Waals surface area contributed by atoms with Crippen molar-refractivity contribution in [2.45, 2.75) is 38.1 Å². The summed E-state index contributed by atoms with van der Waals surface area (Å²) < 4.78 is 0. The standard InChI is InChI=1S/C21H33N3O/c25-16-19-5-10-22-15-18(19)6-11-23-12-8-20(9-13-23)24-14-7-17-3-1-2-4-21(17)24/h1-4,18-20,22,25H,5-16H2. The molecule has 2 saturated heterocycles. The van der Waals surface area contributed by atoms with Crippen molar-refractivity contribution in [2.75, 3.05) is 50.8 Å². The lowest BCUT2D eigenvalue weighted by atomic mass is 9.84. The summed E-state index contributed by atoms with van der Waals surface area (Å²) in [6.45, 7) is 7.39. The number of aliphatic hydroxyl groups excluding tert-OH is 1. The van der Waals surface area contributed by atoms with Crippen LogP contribution in [0.25, 0.3) is 0 Å². The van der Waals surface area contributed by atoms with Crippen LogP contribution in [0.1, 0.15) is 31.2 Å². The molecule has 4 heteroatoms. The Balaban J connectivity index is 1.25. The number of nitrogens with zero attached hydrogens (tertiary/aromatic N) is 2. The van der Waals surface area contributed by atoms with E-state index in [1.54, 1.807) is 0 Å². The summed E-state index contributed by atoms with van der Waals surface area (Å²) in [7, 11) is 0. The first-order valence-electron chi connectivity index (χ1n) is 10.2. The predicted molar refractivity (Wildman–Crippen MR) is 103 cm³/mol. The van der Waals surface area contributed by atoms with Gasteiger partial charge in [0.15, 0.2) is 0 Å². The first-order valence-corrected chi connectivity index (χ1v) is 10.2. The van der Waals surface area contributed by atoms with Crippen molar-refractivity contribution in [3.63, 3.8) is 0 Å². The monoisotopic (exact) mass is 343 g/mol. The summed E-state index contributed by atoms with van der Waals surface area (Å²) in [5.74, 6) is 1.17. The van der Waals surface area contributed by atoms with Crippen molar-refractivity contribution in [1.82, 2.24) is 10.2 Å². The molecule has 25 heavy (non-hydrogen) atoms. The van der Waals surface area contributed by atoms with E-state index in [9.17, 15) is 5.11 Å². The SMILES string of the molecule is OCC1CCNCC1CCN1CCC(N2CCc3ccccc32)CC1. The molecule has 0 aromatic heterocycles. The highest BCUT2D eigenvalue weighted by molar-refractivity contribution is 5.58. The third-order valence-electron chi connectivity index (χ3n) is 6.74. The van der Waals surface area contributed by atoms with Crippen LogP contribution < -0.4 is 10.2 Å². The fourth-order valence-corrected chi connectivity index (χ4v) is 5.10. The second kappa shape index (κ2) is 8.07. The third kappa shape index (κ3) is 3.86. The molecule has 2 atom stereocenters. The lowest BCUT2D eigenvalue weighted by Crippen LogP contribution is -2.46. The van der Waals surface area contributed by atoms with Gasteiger partial charge in [-0.05, 0) is 75.2 Å². The summed E-state index contributed by atoms with van der Waals surface area (Å²) in [6, 6.07) is 9.67. The van der Waals surface area contributed by atoms with Crippen LogP contribution in [-0.4, -0.2) is 61.9 Å². The number of rotatable bonds is 5. The van der Waals surface area contributed by atoms with E-state index in [0.29, 0.717) is 18.4 Å². The van der Waals surface area contributed by atoms with Crippen molar-refractivity contribution in [3.05, 3.63) is 29.8 Å². The number of anilines is 1. The normalized spacial score (nSPS) is 28.3. The summed E-state index contributed by atoms with van der Waals surface area (Å²) in [6.07, 6.45) is 6.17. The highest BCUT2D eigenvalue weighted by Gasteiger charge is 2.30. The summed E-state index contributed by atoms with van der Waals surface area (Å²) >= 11 is 0. The van der Waals surface area contributed by atoms with Gasteiger partial charge in [-0.15, -0.1) is 0 Å². The molecule has 0 aliphatic carbocycles. The molecule has 0 saturated carbocycles. The minimum absolute atomic E-state index is 0.364. The molecular weight excluding hydrogens is 310 g/mol. The average molecular weight is 344 g/mol. The van der Waals surface area contributed by atoms with Gasteiger partial charge in [-0.25, -0.2) is 0 Å². The molecule has 3 aliphatic rings. The fourth-order valence-electron chi connectivity index (χ4n) is 5.10. The second-order valence-corrected chi connectivity index (χ2v) is 8.13. The van der Waals surface area contributed by atoms with Gasteiger partial charge < -0.3 is 20.2 Å². The van der Waals surface area contributed by atoms with Crippen molar-refractivity contribution in [1.29, 1.82) is 0 Å². The zero-order valence-electron chi connectivity index (χ0n) is 15.4. The van der Waals surface area contributed by atoms with E-state index in [4.69, 9.17) is 0 Å². The Bertz CT molecular complexity index is 556. The molecule has 0 spiro atoms. The van der Waals surface area contributed by atoms with Gasteiger partial charge in [0.1, 0.15) is 0 Å². The van der Waals surface area contributed by atoms with Crippen LogP contribution in [0.2, 0.25) is 0 Å². The molecule has 0 bridgehead atoms. The molecule has 2 fully saturated rings. The minimum atomic E-state index is 0.364. The Morgan fingerprint density at radius 2 is 1.88 bits per heavy atom. The number of piperidine rings is 2. The molecule has 4 rings (SSSR count). The topological polar surface area (TPSA) is 38.7 Å². The van der Waals surface area contributed by atoms with Gasteiger partial charge in [-0.1, -0.05) is 18.2 Å². The summed E-state index contributed by atoms with van der Waals surface area (Å²) in [4.78, 5) is 5.32. The third-order valence-corrected chi connectivity index (χ3v) is 6.74. The van der Waals surface area contributed by atoms with Gasteiger partial charge in [0, 0.05) is 38.0 Å². The van der Waals surface area contributed by atoms with Crippen LogP contribution in [0.15, 0.2) is 24.3 Å². The number of hydrogen-bond acceptors (Lipinski definition) is 4. The van der Waals surface area contributed by atoms with E-state index in [-0.39, 0.29) is 0 Å². The van der Waals surface area contributed by atoms with Gasteiger partial charge in [0.2, 0.25) is 0 Å². The fraction of sp³-hybridized carbons (Fsp3) is 0.714. The molecule has 138 valence electrons. The molecule has 4 nitrogen and oxygen atoms in total. The summed E-state index contributed by atoms with van der Waals surface area (Å²) in [5.41, 5.74) is 3.02. The van der Waals surface area contributed by atoms with Crippen LogP contribution in [0, 0.1) is 11.8 Å². The Labute approximate surface area is 152 Å². The molecule has 1 aromatic rings. The van der Waals surface area contributed by atoms with Crippen molar-refractivity contribution < 1.29 is 5.11 Å². The Morgan fingerprint density at radius 1 is 1.04 bits per heavy atom. The second-order valence-electron chi connectivity index (χ2n) is 8.13. The molecule has 3 heterocycles. The van der Waals surface area contributed by atoms with Crippen LogP contribution >= 0.6 is 0 Å². The predicted octanol–water partition coefficient (Wildman–Crippen LogP) is 2.12. The number of fused-ring (bicyclic) bond motifs is 1. The first-order chi connectivity index (χ1) is 12.3. The largest absolute Gasteiger partial charge is 0.396 e. The number of likely N-dealkylation sites (tertiary alicyclic amines) is 1. The first kappa shape index (κ1) is 17.3. The number of hydrogen-bond donors (Lipinski definition) is 2. The Kier molecular flexibility index (Phi) is 5.59. The van der Waals surface area contributed by atoms with E-state index in [1.165, 1.54) is 63.1 Å². The quantitative estimate of drug-likeness (QED) is 0.859. The van der Waals surface area contributed by atoms with Gasteiger partial charge in [0.25, 0.3) is 0 Å². The van der Waals surface area contributed by atoms with E-state index in [2.05, 4.69) is 39.4 Å². The smallest absolute Gasteiger partial charge is 0.0462 e. The molecule has 2 unspecified atom stereocenters. The van der Waals surface area contributed by atoms with Crippen LogP contribution in [0.3, 0.4) is 0 Å². The van der Waals surface area contributed by atoms with Crippen molar-refractivity contribution in [3.8, 4) is 0 Å². The highest BCUT2D eigenvalue weighted by Crippen LogP contribution is 2.32. The van der Waals surface area contributed by atoms with E-state index >= 15 is 0 Å². The maximum Gasteiger partial charge on any atom is 0.0462 e. The number of aliphatic hydroxyl groups is 1. The van der Waals surface area contributed by atoms with E-state index in [1.807, 2.05) is 0 Å². The van der Waals surface area contributed by atoms with Crippen LogP contribution in [0.5, 0.6) is 0 Å². The van der Waals surface area contributed by atoms with Gasteiger partial charge in [0.05, 0.1) is 0 Å². The Morgan fingerprint density at radius 3 is 2.72 bits per heavy atom. The highest BCUT2D eigenvalue weighted by atomic mass is 16.3. The van der Waals surface area contributed by atoms with Crippen LogP contribution in [0.4, 0.5) is 5.69 Å². The maximum absolute atomic E-state index is 9.59. The lowest BCUT2D eigenvalue weighted by molar-refractivity contribution is 0.120. The zero-order valence-corrected chi connectivity index (χ0v) is 15.4. The number of para-hydroxylation sites is 1. The van der Waals surface area contributed by atoms with Crippen molar-refractivity contribution in [2.24, 2.45) is 11.8 Å². The molecule has 3 aliphatic heterocycles.